The van der Waals surface area contributed by atoms with Gasteiger partial charge in [-0.25, -0.2) is 4.79 Å². The van der Waals surface area contributed by atoms with Gasteiger partial charge >= 0.3 is 5.97 Å². The number of para-hydroxylation sites is 1. The summed E-state index contributed by atoms with van der Waals surface area (Å²) in [6.45, 7) is 5.08. The Morgan fingerprint density at radius 3 is 2.07 bits per heavy atom. The molecule has 0 heterocycles. The minimum absolute atomic E-state index is 0.404. The third kappa shape index (κ3) is 6.09. The van der Waals surface area contributed by atoms with E-state index in [1.54, 1.807) is 24.3 Å². The van der Waals surface area contributed by atoms with E-state index in [0.717, 1.165) is 10.2 Å². The summed E-state index contributed by atoms with van der Waals surface area (Å²) in [5.41, 5.74) is 1.63. The number of benzene rings is 3. The molecule has 3 aromatic rings. The highest BCUT2D eigenvalue weighted by Gasteiger charge is 2.12. The zero-order valence-corrected chi connectivity index (χ0v) is 18.0. The van der Waals surface area contributed by atoms with E-state index >= 15 is 0 Å². The summed E-state index contributed by atoms with van der Waals surface area (Å²) in [5, 5.41) is 0. The molecule has 150 valence electrons. The van der Waals surface area contributed by atoms with Crippen LogP contribution in [0.5, 0.6) is 17.2 Å². The third-order valence-corrected chi connectivity index (χ3v) is 4.90. The highest BCUT2D eigenvalue weighted by molar-refractivity contribution is 9.10. The van der Waals surface area contributed by atoms with Crippen molar-refractivity contribution in [1.29, 1.82) is 0 Å². The number of hydrogen-bond acceptors (Lipinski definition) is 4. The van der Waals surface area contributed by atoms with Crippen molar-refractivity contribution >= 4 is 21.9 Å². The number of carbonyl (C=O) groups excluding carboxylic acids is 1. The van der Waals surface area contributed by atoms with Gasteiger partial charge in [0.15, 0.2) is 0 Å². The summed E-state index contributed by atoms with van der Waals surface area (Å²) in [5.74, 6) is 1.96. The Labute approximate surface area is 179 Å². The molecule has 5 heteroatoms. The SMILES string of the molecule is CC(C)c1ccc(OC(=O)c2ccc(OCCOc3ccccc3)cc2)c(Br)c1. The Morgan fingerprint density at radius 2 is 1.48 bits per heavy atom. The maximum atomic E-state index is 12.4. The second kappa shape index (κ2) is 10.1. The zero-order valence-electron chi connectivity index (χ0n) is 16.4. The average molecular weight is 455 g/mol. The summed E-state index contributed by atoms with van der Waals surface area (Å²) in [6.07, 6.45) is 0. The molecule has 4 nitrogen and oxygen atoms in total. The van der Waals surface area contributed by atoms with E-state index in [2.05, 4.69) is 29.8 Å². The minimum Gasteiger partial charge on any atom is -0.490 e. The molecule has 0 spiro atoms. The summed E-state index contributed by atoms with van der Waals surface area (Å²) in [7, 11) is 0. The lowest BCUT2D eigenvalue weighted by molar-refractivity contribution is 0.0733. The Balaban J connectivity index is 1.51. The second-order valence-electron chi connectivity index (χ2n) is 6.77. The summed E-state index contributed by atoms with van der Waals surface area (Å²) in [4.78, 5) is 12.4. The van der Waals surface area contributed by atoms with Crippen molar-refractivity contribution in [2.75, 3.05) is 13.2 Å². The topological polar surface area (TPSA) is 44.8 Å². The van der Waals surface area contributed by atoms with Gasteiger partial charge in [-0.1, -0.05) is 38.1 Å². The van der Waals surface area contributed by atoms with Gasteiger partial charge in [0.2, 0.25) is 0 Å². The Hall–Kier alpha value is -2.79. The van der Waals surface area contributed by atoms with Crippen LogP contribution in [0, 0.1) is 0 Å². The van der Waals surface area contributed by atoms with Crippen LogP contribution in [0.4, 0.5) is 0 Å². The fourth-order valence-corrected chi connectivity index (χ4v) is 3.12. The molecule has 0 fully saturated rings. The van der Waals surface area contributed by atoms with Gasteiger partial charge in [-0.3, -0.25) is 0 Å². The molecule has 0 bridgehead atoms. The molecule has 0 aliphatic heterocycles. The van der Waals surface area contributed by atoms with Crippen molar-refractivity contribution in [2.24, 2.45) is 0 Å². The lowest BCUT2D eigenvalue weighted by Gasteiger charge is -2.11. The van der Waals surface area contributed by atoms with Gasteiger partial charge in [0.1, 0.15) is 30.5 Å². The van der Waals surface area contributed by atoms with E-state index in [1.807, 2.05) is 48.5 Å². The van der Waals surface area contributed by atoms with Crippen LogP contribution in [-0.4, -0.2) is 19.2 Å². The van der Waals surface area contributed by atoms with Crippen LogP contribution in [0.15, 0.2) is 77.3 Å². The molecule has 0 atom stereocenters. The fraction of sp³-hybridized carbons (Fsp3) is 0.208. The molecular formula is C24H23BrO4. The van der Waals surface area contributed by atoms with Crippen LogP contribution in [0.25, 0.3) is 0 Å². The van der Waals surface area contributed by atoms with E-state index in [-0.39, 0.29) is 0 Å². The van der Waals surface area contributed by atoms with Gasteiger partial charge in [0.25, 0.3) is 0 Å². The first-order valence-electron chi connectivity index (χ1n) is 9.45. The van der Waals surface area contributed by atoms with Gasteiger partial charge in [0, 0.05) is 0 Å². The van der Waals surface area contributed by atoms with Crippen LogP contribution >= 0.6 is 15.9 Å². The van der Waals surface area contributed by atoms with Crippen molar-refractivity contribution < 1.29 is 19.0 Å². The quantitative estimate of drug-likeness (QED) is 0.229. The monoisotopic (exact) mass is 454 g/mol. The molecule has 0 aliphatic carbocycles. The van der Waals surface area contributed by atoms with E-state index < -0.39 is 5.97 Å². The fourth-order valence-electron chi connectivity index (χ4n) is 2.64. The van der Waals surface area contributed by atoms with Crippen molar-refractivity contribution in [1.82, 2.24) is 0 Å². The number of halogens is 1. The molecule has 3 aromatic carbocycles. The molecule has 0 N–H and O–H groups in total. The van der Waals surface area contributed by atoms with Gasteiger partial charge in [-0.15, -0.1) is 0 Å². The van der Waals surface area contributed by atoms with Gasteiger partial charge < -0.3 is 14.2 Å². The Morgan fingerprint density at radius 1 is 0.862 bits per heavy atom. The second-order valence-corrected chi connectivity index (χ2v) is 7.62. The predicted octanol–water partition coefficient (Wildman–Crippen LogP) is 6.25. The Kier molecular flexibility index (Phi) is 7.30. The van der Waals surface area contributed by atoms with Crippen LogP contribution in [0.2, 0.25) is 0 Å². The standard InChI is InChI=1S/C24H23BrO4/c1-17(2)19-10-13-23(22(25)16-19)29-24(26)18-8-11-21(12-9-18)28-15-14-27-20-6-4-3-5-7-20/h3-13,16-17H,14-15H2,1-2H3. The lowest BCUT2D eigenvalue weighted by atomic mass is 10.0. The zero-order chi connectivity index (χ0) is 20.6. The average Bonchev–Trinajstić information content (AvgIpc) is 2.73. The maximum Gasteiger partial charge on any atom is 0.343 e. The normalized spacial score (nSPS) is 10.6. The maximum absolute atomic E-state index is 12.4. The number of carbonyl (C=O) groups is 1. The Bertz CT molecular complexity index is 937. The molecule has 0 aromatic heterocycles. The molecular weight excluding hydrogens is 432 g/mol. The van der Waals surface area contributed by atoms with E-state index in [0.29, 0.717) is 36.2 Å². The van der Waals surface area contributed by atoms with Gasteiger partial charge in [-0.2, -0.15) is 0 Å². The molecule has 0 radical (unpaired) electrons. The van der Waals surface area contributed by atoms with Crippen LogP contribution in [0.3, 0.4) is 0 Å². The van der Waals surface area contributed by atoms with Gasteiger partial charge in [-0.05, 0) is 75.9 Å². The number of rotatable bonds is 8. The molecule has 0 unspecified atom stereocenters. The van der Waals surface area contributed by atoms with E-state index in [4.69, 9.17) is 14.2 Å². The third-order valence-electron chi connectivity index (χ3n) is 4.28. The first kappa shape index (κ1) is 20.9. The smallest absolute Gasteiger partial charge is 0.343 e. The van der Waals surface area contributed by atoms with Crippen LogP contribution in [-0.2, 0) is 0 Å². The van der Waals surface area contributed by atoms with Crippen LogP contribution in [0.1, 0.15) is 35.7 Å². The number of ether oxygens (including phenoxy) is 3. The van der Waals surface area contributed by atoms with Crippen LogP contribution < -0.4 is 14.2 Å². The van der Waals surface area contributed by atoms with E-state index in [1.165, 1.54) is 5.56 Å². The molecule has 3 rings (SSSR count). The number of hydrogen-bond donors (Lipinski definition) is 0. The minimum atomic E-state index is -0.415. The summed E-state index contributed by atoms with van der Waals surface area (Å²) < 4.78 is 17.5. The summed E-state index contributed by atoms with van der Waals surface area (Å²) >= 11 is 3.47. The first-order valence-corrected chi connectivity index (χ1v) is 10.2. The first-order chi connectivity index (χ1) is 14.0. The highest BCUT2D eigenvalue weighted by Crippen LogP contribution is 2.29. The largest absolute Gasteiger partial charge is 0.490 e. The highest BCUT2D eigenvalue weighted by atomic mass is 79.9. The molecule has 0 saturated carbocycles. The van der Waals surface area contributed by atoms with Crippen molar-refractivity contribution in [2.45, 2.75) is 19.8 Å². The van der Waals surface area contributed by atoms with E-state index in [9.17, 15) is 4.79 Å². The molecule has 0 aliphatic rings. The van der Waals surface area contributed by atoms with Gasteiger partial charge in [0.05, 0.1) is 10.0 Å². The predicted molar refractivity (Wildman–Crippen MR) is 117 cm³/mol. The van der Waals surface area contributed by atoms with Crippen molar-refractivity contribution in [3.8, 4) is 17.2 Å². The molecule has 0 amide bonds. The van der Waals surface area contributed by atoms with Crippen molar-refractivity contribution in [3.63, 3.8) is 0 Å². The molecule has 29 heavy (non-hydrogen) atoms. The lowest BCUT2D eigenvalue weighted by Crippen LogP contribution is -2.10. The van der Waals surface area contributed by atoms with Crippen molar-refractivity contribution in [3.05, 3.63) is 88.4 Å². The molecule has 0 saturated heterocycles. The number of esters is 1. The summed E-state index contributed by atoms with van der Waals surface area (Å²) in [6, 6.07) is 22.2.